The summed E-state index contributed by atoms with van der Waals surface area (Å²) in [6.45, 7) is 6.02. The van der Waals surface area contributed by atoms with Crippen molar-refractivity contribution in [1.82, 2.24) is 10.2 Å². The molecule has 0 unspecified atom stereocenters. The molecule has 0 radical (unpaired) electrons. The molecular formula is C18H26N2O3. The number of carbonyl (C=O) groups is 2. The Morgan fingerprint density at radius 1 is 1.30 bits per heavy atom. The molecule has 1 fully saturated rings. The summed E-state index contributed by atoms with van der Waals surface area (Å²) in [5.74, 6) is -0.685. The number of aryl methyl sites for hydroxylation is 1. The van der Waals surface area contributed by atoms with Crippen molar-refractivity contribution in [3.63, 3.8) is 0 Å². The van der Waals surface area contributed by atoms with E-state index in [-0.39, 0.29) is 17.9 Å². The summed E-state index contributed by atoms with van der Waals surface area (Å²) < 4.78 is 0. The molecule has 1 aromatic carbocycles. The molecule has 0 bridgehead atoms. The number of amides is 2. The molecule has 5 nitrogen and oxygen atoms in total. The molecule has 0 saturated heterocycles. The highest BCUT2D eigenvalue weighted by Gasteiger charge is 2.41. The van der Waals surface area contributed by atoms with E-state index in [0.29, 0.717) is 19.4 Å². The summed E-state index contributed by atoms with van der Waals surface area (Å²) in [6.07, 6.45) is 0.448. The molecular weight excluding hydrogens is 292 g/mol. The van der Waals surface area contributed by atoms with Gasteiger partial charge in [-0.05, 0) is 43.4 Å². The van der Waals surface area contributed by atoms with Gasteiger partial charge >= 0.3 is 0 Å². The maximum atomic E-state index is 12.4. The normalized spacial score (nSPS) is 23.6. The molecule has 0 heterocycles. The van der Waals surface area contributed by atoms with Crippen LogP contribution in [0.2, 0.25) is 0 Å². The van der Waals surface area contributed by atoms with Crippen LogP contribution in [0.5, 0.6) is 0 Å². The van der Waals surface area contributed by atoms with Crippen LogP contribution >= 0.6 is 0 Å². The second kappa shape index (κ2) is 7.13. The largest absolute Gasteiger partial charge is 0.390 e. The van der Waals surface area contributed by atoms with E-state index in [2.05, 4.69) is 5.32 Å². The molecule has 1 aromatic rings. The van der Waals surface area contributed by atoms with Gasteiger partial charge in [-0.3, -0.25) is 9.59 Å². The lowest BCUT2D eigenvalue weighted by molar-refractivity contribution is -0.134. The van der Waals surface area contributed by atoms with Gasteiger partial charge in [-0.15, -0.1) is 0 Å². The highest BCUT2D eigenvalue weighted by molar-refractivity contribution is 5.80. The maximum absolute atomic E-state index is 12.4. The molecule has 3 atom stereocenters. The molecule has 126 valence electrons. The lowest BCUT2D eigenvalue weighted by Crippen LogP contribution is -2.45. The van der Waals surface area contributed by atoms with Crippen molar-refractivity contribution in [3.8, 4) is 0 Å². The van der Waals surface area contributed by atoms with Crippen molar-refractivity contribution in [2.75, 3.05) is 7.05 Å². The molecule has 1 saturated carbocycles. The predicted molar refractivity (Wildman–Crippen MR) is 88.7 cm³/mol. The lowest BCUT2D eigenvalue weighted by Gasteiger charge is -2.27. The van der Waals surface area contributed by atoms with E-state index in [9.17, 15) is 14.7 Å². The van der Waals surface area contributed by atoms with E-state index in [4.69, 9.17) is 0 Å². The summed E-state index contributed by atoms with van der Waals surface area (Å²) in [7, 11) is 1.67. The average molecular weight is 318 g/mol. The molecule has 0 aromatic heterocycles. The fraction of sp³-hybridized carbons (Fsp3) is 0.556. The molecule has 5 heteroatoms. The molecule has 23 heavy (non-hydrogen) atoms. The monoisotopic (exact) mass is 318 g/mol. The van der Waals surface area contributed by atoms with Crippen molar-refractivity contribution in [2.45, 2.75) is 52.3 Å². The van der Waals surface area contributed by atoms with Crippen molar-refractivity contribution in [1.29, 1.82) is 0 Å². The third-order valence-electron chi connectivity index (χ3n) is 5.08. The number of aliphatic hydroxyl groups excluding tert-OH is 1. The first-order chi connectivity index (χ1) is 10.8. The Morgan fingerprint density at radius 2 is 2.00 bits per heavy atom. The number of benzene rings is 1. The van der Waals surface area contributed by atoms with Crippen LogP contribution in [-0.2, 0) is 16.1 Å². The van der Waals surface area contributed by atoms with E-state index >= 15 is 0 Å². The van der Waals surface area contributed by atoms with Crippen LogP contribution in [-0.4, -0.2) is 41.0 Å². The van der Waals surface area contributed by atoms with Gasteiger partial charge in [-0.1, -0.05) is 18.2 Å². The zero-order valence-electron chi connectivity index (χ0n) is 14.3. The Morgan fingerprint density at radius 3 is 2.65 bits per heavy atom. The fourth-order valence-corrected chi connectivity index (χ4v) is 3.22. The van der Waals surface area contributed by atoms with Crippen molar-refractivity contribution in [3.05, 3.63) is 34.9 Å². The predicted octanol–water partition coefficient (Wildman–Crippen LogP) is 1.54. The average Bonchev–Trinajstić information content (AvgIpc) is 2.89. The second-order valence-electron chi connectivity index (χ2n) is 6.45. The summed E-state index contributed by atoms with van der Waals surface area (Å²) in [4.78, 5) is 25.4. The number of likely N-dealkylation sites (N-methyl/N-ethyl adjacent to an activating group) is 1. The number of hydrogen-bond donors (Lipinski definition) is 2. The van der Waals surface area contributed by atoms with Crippen LogP contribution < -0.4 is 5.32 Å². The fourth-order valence-electron chi connectivity index (χ4n) is 3.22. The highest BCUT2D eigenvalue weighted by atomic mass is 16.3. The van der Waals surface area contributed by atoms with E-state index in [1.807, 2.05) is 32.0 Å². The number of aliphatic hydroxyl groups is 1. The van der Waals surface area contributed by atoms with E-state index < -0.39 is 12.0 Å². The van der Waals surface area contributed by atoms with E-state index in [1.54, 1.807) is 7.05 Å². The minimum absolute atomic E-state index is 0.0921. The van der Waals surface area contributed by atoms with E-state index in [0.717, 1.165) is 5.56 Å². The van der Waals surface area contributed by atoms with Crippen LogP contribution in [0.25, 0.3) is 0 Å². The molecule has 0 aliphatic heterocycles. The summed E-state index contributed by atoms with van der Waals surface area (Å²) in [5.41, 5.74) is 3.46. The number of hydrogen-bond acceptors (Lipinski definition) is 3. The Balaban J connectivity index is 1.96. The quantitative estimate of drug-likeness (QED) is 0.885. The minimum atomic E-state index is -0.803. The molecule has 1 aliphatic rings. The van der Waals surface area contributed by atoms with Crippen LogP contribution in [0, 0.1) is 19.8 Å². The zero-order valence-corrected chi connectivity index (χ0v) is 14.3. The lowest BCUT2D eigenvalue weighted by atomic mass is 10.0. The van der Waals surface area contributed by atoms with Gasteiger partial charge in [0.15, 0.2) is 0 Å². The van der Waals surface area contributed by atoms with Crippen LogP contribution in [0.15, 0.2) is 18.2 Å². The van der Waals surface area contributed by atoms with E-state index in [1.165, 1.54) is 23.0 Å². The summed E-state index contributed by atoms with van der Waals surface area (Å²) >= 11 is 0. The Labute approximate surface area is 137 Å². The molecule has 1 aliphatic carbocycles. The van der Waals surface area contributed by atoms with Crippen molar-refractivity contribution >= 4 is 11.8 Å². The number of rotatable bonds is 4. The van der Waals surface area contributed by atoms with Gasteiger partial charge in [0.25, 0.3) is 0 Å². The summed E-state index contributed by atoms with van der Waals surface area (Å²) in [6, 6.07) is 5.75. The van der Waals surface area contributed by atoms with Gasteiger partial charge < -0.3 is 15.3 Å². The Hall–Kier alpha value is -1.88. The van der Waals surface area contributed by atoms with Crippen LogP contribution in [0.4, 0.5) is 0 Å². The van der Waals surface area contributed by atoms with Gasteiger partial charge in [0.05, 0.1) is 18.1 Å². The zero-order chi connectivity index (χ0) is 17.1. The molecule has 0 spiro atoms. The SMILES string of the molecule is CC(=O)N(C)[C@@H]1CC[C@@H](C(=O)NCc2cccc(C)c2C)[C@@H]1O. The smallest absolute Gasteiger partial charge is 0.226 e. The number of nitrogens with zero attached hydrogens (tertiary/aromatic N) is 1. The van der Waals surface area contributed by atoms with Gasteiger partial charge in [-0.2, -0.15) is 0 Å². The topological polar surface area (TPSA) is 69.6 Å². The third kappa shape index (κ3) is 3.72. The Kier molecular flexibility index (Phi) is 5.42. The van der Waals surface area contributed by atoms with Gasteiger partial charge in [0.2, 0.25) is 11.8 Å². The van der Waals surface area contributed by atoms with Crippen molar-refractivity contribution in [2.24, 2.45) is 5.92 Å². The minimum Gasteiger partial charge on any atom is -0.390 e. The molecule has 2 amide bonds. The van der Waals surface area contributed by atoms with Gasteiger partial charge in [-0.25, -0.2) is 0 Å². The maximum Gasteiger partial charge on any atom is 0.226 e. The van der Waals surface area contributed by atoms with Crippen LogP contribution in [0.3, 0.4) is 0 Å². The van der Waals surface area contributed by atoms with Gasteiger partial charge in [0, 0.05) is 20.5 Å². The van der Waals surface area contributed by atoms with Gasteiger partial charge in [0.1, 0.15) is 0 Å². The molecule has 2 rings (SSSR count). The summed E-state index contributed by atoms with van der Waals surface area (Å²) in [5, 5.41) is 13.3. The second-order valence-corrected chi connectivity index (χ2v) is 6.45. The highest BCUT2D eigenvalue weighted by Crippen LogP contribution is 2.29. The molecule has 2 N–H and O–H groups in total. The first kappa shape index (κ1) is 17.5. The first-order valence-electron chi connectivity index (χ1n) is 8.07. The first-order valence-corrected chi connectivity index (χ1v) is 8.07. The Bertz CT molecular complexity index is 600. The standard InChI is InChI=1S/C18H26N2O3/c1-11-6-5-7-14(12(11)2)10-19-18(23)15-8-9-16(17(15)22)20(4)13(3)21/h5-7,15-17,22H,8-10H2,1-4H3,(H,19,23)/t15-,16-,17+/m1/s1. The number of nitrogens with one attached hydrogen (secondary N) is 1. The van der Waals surface area contributed by atoms with Crippen LogP contribution in [0.1, 0.15) is 36.5 Å². The number of carbonyl (C=O) groups excluding carboxylic acids is 2. The van der Waals surface area contributed by atoms with Crippen molar-refractivity contribution < 1.29 is 14.7 Å². The third-order valence-corrected chi connectivity index (χ3v) is 5.08.